The first-order valence-corrected chi connectivity index (χ1v) is 8.28. The van der Waals surface area contributed by atoms with E-state index in [1.807, 2.05) is 12.1 Å². The lowest BCUT2D eigenvalue weighted by Gasteiger charge is -2.38. The van der Waals surface area contributed by atoms with Crippen LogP contribution in [-0.2, 0) is 6.42 Å². The molecular weight excluding hydrogens is 292 g/mol. The van der Waals surface area contributed by atoms with Crippen LogP contribution in [0.25, 0.3) is 0 Å². The number of piperazine rings is 1. The van der Waals surface area contributed by atoms with Gasteiger partial charge in [0.05, 0.1) is 6.04 Å². The lowest BCUT2D eigenvalue weighted by atomic mass is 10.2. The van der Waals surface area contributed by atoms with E-state index in [1.165, 1.54) is 0 Å². The molecule has 0 aliphatic carbocycles. The van der Waals surface area contributed by atoms with Gasteiger partial charge in [-0.3, -0.25) is 4.90 Å². The Hall–Kier alpha value is -2.08. The highest BCUT2D eigenvalue weighted by Gasteiger charge is 2.25. The second-order valence-corrected chi connectivity index (χ2v) is 6.01. The SMILES string of the molecule is CCCc1noc([C@@H](C)N2CCN(c3ccc(O)cc3)CC2)n1. The number of hydrogen-bond acceptors (Lipinski definition) is 6. The van der Waals surface area contributed by atoms with E-state index in [2.05, 4.69) is 33.8 Å². The van der Waals surface area contributed by atoms with Crippen LogP contribution in [-0.4, -0.2) is 46.3 Å². The number of nitrogens with zero attached hydrogens (tertiary/aromatic N) is 4. The first-order valence-electron chi connectivity index (χ1n) is 8.28. The summed E-state index contributed by atoms with van der Waals surface area (Å²) in [7, 11) is 0. The van der Waals surface area contributed by atoms with Crippen molar-refractivity contribution in [2.75, 3.05) is 31.1 Å². The highest BCUT2D eigenvalue weighted by Crippen LogP contribution is 2.24. The third-order valence-electron chi connectivity index (χ3n) is 4.39. The zero-order valence-corrected chi connectivity index (χ0v) is 13.8. The topological polar surface area (TPSA) is 65.6 Å². The van der Waals surface area contributed by atoms with Crippen LogP contribution in [0.15, 0.2) is 28.8 Å². The molecular formula is C17H24N4O2. The molecule has 0 unspecified atom stereocenters. The van der Waals surface area contributed by atoms with Crippen molar-refractivity contribution in [2.24, 2.45) is 0 Å². The predicted octanol–water partition coefficient (Wildman–Crippen LogP) is 2.61. The number of aryl methyl sites for hydroxylation is 1. The van der Waals surface area contributed by atoms with Crippen LogP contribution in [0.3, 0.4) is 0 Å². The highest BCUT2D eigenvalue weighted by atomic mass is 16.5. The molecule has 0 spiro atoms. The normalized spacial score (nSPS) is 17.4. The molecule has 0 bridgehead atoms. The number of aromatic hydroxyl groups is 1. The van der Waals surface area contributed by atoms with Gasteiger partial charge in [0.25, 0.3) is 0 Å². The second kappa shape index (κ2) is 7.00. The van der Waals surface area contributed by atoms with Crippen molar-refractivity contribution in [1.29, 1.82) is 0 Å². The summed E-state index contributed by atoms with van der Waals surface area (Å²) in [5.41, 5.74) is 1.15. The first kappa shape index (κ1) is 15.8. The fourth-order valence-corrected chi connectivity index (χ4v) is 2.95. The van der Waals surface area contributed by atoms with E-state index in [4.69, 9.17) is 4.52 Å². The van der Waals surface area contributed by atoms with E-state index in [0.29, 0.717) is 11.6 Å². The van der Waals surface area contributed by atoms with E-state index in [-0.39, 0.29) is 6.04 Å². The molecule has 0 saturated carbocycles. The fourth-order valence-electron chi connectivity index (χ4n) is 2.95. The monoisotopic (exact) mass is 316 g/mol. The molecule has 3 rings (SSSR count). The van der Waals surface area contributed by atoms with Crippen molar-refractivity contribution >= 4 is 5.69 Å². The van der Waals surface area contributed by atoms with Crippen LogP contribution in [0.1, 0.15) is 38.0 Å². The minimum Gasteiger partial charge on any atom is -0.508 e. The van der Waals surface area contributed by atoms with Gasteiger partial charge in [0.1, 0.15) is 5.75 Å². The van der Waals surface area contributed by atoms with Crippen molar-refractivity contribution in [3.05, 3.63) is 36.0 Å². The first-order chi connectivity index (χ1) is 11.2. The molecule has 23 heavy (non-hydrogen) atoms. The van der Waals surface area contributed by atoms with Crippen molar-refractivity contribution in [1.82, 2.24) is 15.0 Å². The Bertz CT molecular complexity index is 618. The number of aromatic nitrogens is 2. The van der Waals surface area contributed by atoms with Crippen LogP contribution < -0.4 is 4.90 Å². The van der Waals surface area contributed by atoms with Crippen LogP contribution in [0.5, 0.6) is 5.75 Å². The van der Waals surface area contributed by atoms with Crippen molar-refractivity contribution in [3.8, 4) is 5.75 Å². The van der Waals surface area contributed by atoms with Gasteiger partial charge in [-0.15, -0.1) is 0 Å². The molecule has 6 nitrogen and oxygen atoms in total. The number of phenolic OH excluding ortho intramolecular Hbond substituents is 1. The van der Waals surface area contributed by atoms with E-state index in [1.54, 1.807) is 12.1 Å². The van der Waals surface area contributed by atoms with Gasteiger partial charge in [0, 0.05) is 38.3 Å². The van der Waals surface area contributed by atoms with E-state index >= 15 is 0 Å². The quantitative estimate of drug-likeness (QED) is 0.914. The summed E-state index contributed by atoms with van der Waals surface area (Å²) in [5.74, 6) is 1.82. The van der Waals surface area contributed by atoms with Crippen molar-refractivity contribution in [3.63, 3.8) is 0 Å². The molecule has 0 radical (unpaired) electrons. The zero-order valence-electron chi connectivity index (χ0n) is 13.8. The summed E-state index contributed by atoms with van der Waals surface area (Å²) >= 11 is 0. The largest absolute Gasteiger partial charge is 0.508 e. The van der Waals surface area contributed by atoms with Crippen LogP contribution in [0.2, 0.25) is 0 Å². The molecule has 124 valence electrons. The average molecular weight is 316 g/mol. The van der Waals surface area contributed by atoms with Gasteiger partial charge < -0.3 is 14.5 Å². The number of benzene rings is 1. The van der Waals surface area contributed by atoms with Crippen LogP contribution in [0, 0.1) is 0 Å². The summed E-state index contributed by atoms with van der Waals surface area (Å²) in [6.45, 7) is 8.04. The Morgan fingerprint density at radius 1 is 1.17 bits per heavy atom. The Kier molecular flexibility index (Phi) is 4.81. The number of hydrogen-bond donors (Lipinski definition) is 1. The summed E-state index contributed by atoms with van der Waals surface area (Å²) in [6, 6.07) is 7.54. The van der Waals surface area contributed by atoms with Gasteiger partial charge in [0.2, 0.25) is 5.89 Å². The Labute approximate surface area is 136 Å². The lowest BCUT2D eigenvalue weighted by molar-refractivity contribution is 0.164. The van der Waals surface area contributed by atoms with Gasteiger partial charge in [-0.25, -0.2) is 0 Å². The summed E-state index contributed by atoms with van der Waals surface area (Å²) in [5, 5.41) is 13.4. The standard InChI is InChI=1S/C17H24N4O2/c1-3-4-16-18-17(23-19-16)13(2)20-9-11-21(12-10-20)14-5-7-15(22)8-6-14/h5-8,13,22H,3-4,9-12H2,1-2H3/t13-/m1/s1. The molecule has 2 heterocycles. The summed E-state index contributed by atoms with van der Waals surface area (Å²) < 4.78 is 5.41. The van der Waals surface area contributed by atoms with Gasteiger partial charge >= 0.3 is 0 Å². The second-order valence-electron chi connectivity index (χ2n) is 6.01. The maximum atomic E-state index is 9.39. The lowest BCUT2D eigenvalue weighted by Crippen LogP contribution is -2.47. The average Bonchev–Trinajstić information content (AvgIpc) is 3.04. The van der Waals surface area contributed by atoms with E-state index in [0.717, 1.165) is 50.5 Å². The van der Waals surface area contributed by atoms with E-state index < -0.39 is 0 Å². The van der Waals surface area contributed by atoms with Crippen molar-refractivity contribution < 1.29 is 9.63 Å². The minimum atomic E-state index is 0.148. The third kappa shape index (κ3) is 3.64. The third-order valence-corrected chi connectivity index (χ3v) is 4.39. The predicted molar refractivity (Wildman–Crippen MR) is 88.6 cm³/mol. The number of phenols is 1. The molecule has 1 fully saturated rings. The molecule has 1 aromatic heterocycles. The van der Waals surface area contributed by atoms with Gasteiger partial charge in [-0.1, -0.05) is 12.1 Å². The molecule has 2 aromatic rings. The molecule has 1 aliphatic rings. The van der Waals surface area contributed by atoms with Crippen molar-refractivity contribution in [2.45, 2.75) is 32.7 Å². The van der Waals surface area contributed by atoms with Gasteiger partial charge in [-0.05, 0) is 37.6 Å². The Morgan fingerprint density at radius 3 is 2.52 bits per heavy atom. The number of rotatable bonds is 5. The molecule has 1 saturated heterocycles. The maximum Gasteiger partial charge on any atom is 0.243 e. The summed E-state index contributed by atoms with van der Waals surface area (Å²) in [4.78, 5) is 9.21. The minimum absolute atomic E-state index is 0.148. The van der Waals surface area contributed by atoms with Crippen LogP contribution in [0.4, 0.5) is 5.69 Å². The zero-order chi connectivity index (χ0) is 16.2. The smallest absolute Gasteiger partial charge is 0.243 e. The van der Waals surface area contributed by atoms with Gasteiger partial charge in [0.15, 0.2) is 5.82 Å². The Balaban J connectivity index is 1.58. The molecule has 1 N–H and O–H groups in total. The molecule has 1 aliphatic heterocycles. The molecule has 1 aromatic carbocycles. The molecule has 6 heteroatoms. The number of anilines is 1. The van der Waals surface area contributed by atoms with Crippen LogP contribution >= 0.6 is 0 Å². The molecule has 0 amide bonds. The maximum absolute atomic E-state index is 9.39. The molecule has 1 atom stereocenters. The Morgan fingerprint density at radius 2 is 1.87 bits per heavy atom. The van der Waals surface area contributed by atoms with Gasteiger partial charge in [-0.2, -0.15) is 4.98 Å². The highest BCUT2D eigenvalue weighted by molar-refractivity contribution is 5.49. The summed E-state index contributed by atoms with van der Waals surface area (Å²) in [6.07, 6.45) is 1.89. The fraction of sp³-hybridized carbons (Fsp3) is 0.529. The van der Waals surface area contributed by atoms with E-state index in [9.17, 15) is 5.11 Å².